The molecule has 0 radical (unpaired) electrons. The first-order valence-electron chi connectivity index (χ1n) is 10.8. The van der Waals surface area contributed by atoms with Crippen LogP contribution in [-0.4, -0.2) is 33.4 Å². The van der Waals surface area contributed by atoms with Gasteiger partial charge in [0.1, 0.15) is 24.0 Å². The number of halogens is 2. The third-order valence-electron chi connectivity index (χ3n) is 5.56. The molecule has 0 fully saturated rings. The Kier molecular flexibility index (Phi) is 8.54. The lowest BCUT2D eigenvalue weighted by Crippen LogP contribution is -2.29. The summed E-state index contributed by atoms with van der Waals surface area (Å²) in [7, 11) is 1.51. The molecule has 0 saturated carbocycles. The highest BCUT2D eigenvalue weighted by Gasteiger charge is 2.27. The summed E-state index contributed by atoms with van der Waals surface area (Å²) in [5.74, 6) is 0.465. The monoisotopic (exact) mass is 533 g/mol. The highest BCUT2D eigenvalue weighted by molar-refractivity contribution is 6.35. The van der Waals surface area contributed by atoms with Crippen molar-refractivity contribution in [3.05, 3.63) is 79.1 Å². The Bertz CT molecular complexity index is 1320. The second-order valence-corrected chi connectivity index (χ2v) is 8.74. The van der Waals surface area contributed by atoms with Crippen LogP contribution in [0.25, 0.3) is 0 Å². The van der Waals surface area contributed by atoms with Crippen molar-refractivity contribution < 1.29 is 19.2 Å². The third kappa shape index (κ3) is 5.77. The Hall–Kier alpha value is -3.63. The van der Waals surface area contributed by atoms with Gasteiger partial charge in [0.25, 0.3) is 5.91 Å². The molecule has 12 heteroatoms. The predicted octanol–water partition coefficient (Wildman–Crippen LogP) is 5.40. The lowest BCUT2D eigenvalue weighted by molar-refractivity contribution is -0.386. The van der Waals surface area contributed by atoms with Crippen molar-refractivity contribution in [2.75, 3.05) is 7.11 Å². The molecule has 0 bridgehead atoms. The number of hydrogen-bond donors (Lipinski definition) is 1. The zero-order chi connectivity index (χ0) is 26.6. The number of ether oxygens (including phenoxy) is 2. The fourth-order valence-corrected chi connectivity index (χ4v) is 4.04. The molecule has 0 saturated heterocycles. The van der Waals surface area contributed by atoms with E-state index in [0.29, 0.717) is 44.1 Å². The lowest BCUT2D eigenvalue weighted by Gasteiger charge is -2.14. The van der Waals surface area contributed by atoms with Crippen molar-refractivity contribution in [3.63, 3.8) is 0 Å². The molecule has 1 N–H and O–H groups in total. The number of hydrogen-bond acceptors (Lipinski definition) is 7. The quantitative estimate of drug-likeness (QED) is 0.223. The minimum atomic E-state index is -0.809. The van der Waals surface area contributed by atoms with Gasteiger partial charge in [-0.3, -0.25) is 19.6 Å². The minimum Gasteiger partial charge on any atom is -0.493 e. The molecule has 2 aromatic carbocycles. The number of nitrogens with zero attached hydrogens (tertiary/aromatic N) is 4. The molecular weight excluding hydrogens is 509 g/mol. The molecule has 1 heterocycles. The summed E-state index contributed by atoms with van der Waals surface area (Å²) in [6, 6.07) is 9.63. The van der Waals surface area contributed by atoms with Crippen molar-refractivity contribution in [1.29, 1.82) is 0 Å². The van der Waals surface area contributed by atoms with Gasteiger partial charge < -0.3 is 9.47 Å². The van der Waals surface area contributed by atoms with E-state index in [1.54, 1.807) is 57.2 Å². The van der Waals surface area contributed by atoms with Crippen LogP contribution >= 0.6 is 23.2 Å². The number of carbonyl (C=O) groups excluding carboxylic acids is 1. The van der Waals surface area contributed by atoms with E-state index in [1.807, 2.05) is 0 Å². The van der Waals surface area contributed by atoms with Crippen molar-refractivity contribution >= 4 is 40.5 Å². The molecule has 3 rings (SSSR count). The van der Waals surface area contributed by atoms with Crippen LogP contribution in [0.5, 0.6) is 11.5 Å². The van der Waals surface area contributed by atoms with E-state index in [2.05, 4.69) is 15.6 Å². The van der Waals surface area contributed by atoms with Gasteiger partial charge >= 0.3 is 5.69 Å². The largest absolute Gasteiger partial charge is 0.493 e. The average molecular weight is 534 g/mol. The summed E-state index contributed by atoms with van der Waals surface area (Å²) in [5.41, 5.74) is 4.77. The zero-order valence-corrected chi connectivity index (χ0v) is 21.8. The first kappa shape index (κ1) is 27.0. The van der Waals surface area contributed by atoms with Gasteiger partial charge in [-0.15, -0.1) is 0 Å². The van der Waals surface area contributed by atoms with Crippen LogP contribution in [0.3, 0.4) is 0 Å². The SMILES string of the molecule is COc1cc(C(C)=NNC(=O)C(C)n2nc(C)c([N+](=O)[O-])c2C)ccc1OCc1c(Cl)cccc1Cl. The third-order valence-corrected chi connectivity index (χ3v) is 6.27. The normalized spacial score (nSPS) is 12.2. The smallest absolute Gasteiger partial charge is 0.312 e. The molecule has 0 aliphatic heterocycles. The number of methoxy groups -OCH3 is 1. The number of aromatic nitrogens is 2. The fraction of sp³-hybridized carbons (Fsp3) is 0.292. The highest BCUT2D eigenvalue weighted by Crippen LogP contribution is 2.31. The maximum Gasteiger partial charge on any atom is 0.312 e. The molecule has 3 aromatic rings. The predicted molar refractivity (Wildman–Crippen MR) is 137 cm³/mol. The summed E-state index contributed by atoms with van der Waals surface area (Å²) < 4.78 is 12.6. The van der Waals surface area contributed by atoms with Crippen LogP contribution in [0.1, 0.15) is 42.4 Å². The van der Waals surface area contributed by atoms with Crippen LogP contribution in [0.2, 0.25) is 10.0 Å². The Morgan fingerprint density at radius 3 is 2.47 bits per heavy atom. The van der Waals surface area contributed by atoms with Crippen LogP contribution in [0.15, 0.2) is 41.5 Å². The van der Waals surface area contributed by atoms with Gasteiger partial charge in [0.2, 0.25) is 0 Å². The standard InChI is InChI=1S/C24H25Cl2N5O5/c1-13(27-28-24(32)16(4)30-15(3)23(31(33)34)14(2)29-30)17-9-10-21(22(11-17)35-5)36-12-18-19(25)7-6-8-20(18)26/h6-11,16H,12H2,1-5H3,(H,28,32). The molecule has 10 nitrogen and oxygen atoms in total. The summed E-state index contributed by atoms with van der Waals surface area (Å²) >= 11 is 12.4. The van der Waals surface area contributed by atoms with Crippen LogP contribution in [-0.2, 0) is 11.4 Å². The van der Waals surface area contributed by atoms with Gasteiger partial charge in [-0.05, 0) is 58.0 Å². The topological polar surface area (TPSA) is 121 Å². The number of nitrogens with one attached hydrogen (secondary N) is 1. The fourth-order valence-electron chi connectivity index (χ4n) is 3.54. The number of benzene rings is 2. The Balaban J connectivity index is 1.72. The number of nitro groups is 1. The second kappa shape index (κ2) is 11.4. The summed E-state index contributed by atoms with van der Waals surface area (Å²) in [4.78, 5) is 23.4. The molecule has 36 heavy (non-hydrogen) atoms. The van der Waals surface area contributed by atoms with Crippen LogP contribution in [0.4, 0.5) is 5.69 Å². The maximum atomic E-state index is 12.7. The minimum absolute atomic E-state index is 0.111. The lowest BCUT2D eigenvalue weighted by atomic mass is 10.1. The number of amides is 1. The average Bonchev–Trinajstić information content (AvgIpc) is 3.15. The first-order valence-corrected chi connectivity index (χ1v) is 11.6. The molecule has 1 aromatic heterocycles. The van der Waals surface area contributed by atoms with Gasteiger partial charge in [-0.25, -0.2) is 5.43 Å². The molecule has 190 valence electrons. The number of carbonyl (C=O) groups is 1. The van der Waals surface area contributed by atoms with E-state index in [-0.39, 0.29) is 18.0 Å². The summed E-state index contributed by atoms with van der Waals surface area (Å²) in [5, 5.41) is 20.5. The van der Waals surface area contributed by atoms with Gasteiger partial charge in [-0.1, -0.05) is 29.3 Å². The van der Waals surface area contributed by atoms with Gasteiger partial charge in [0.15, 0.2) is 11.5 Å². The van der Waals surface area contributed by atoms with Gasteiger partial charge in [0, 0.05) is 21.2 Å². The van der Waals surface area contributed by atoms with Crippen molar-refractivity contribution in [3.8, 4) is 11.5 Å². The molecular formula is C24H25Cl2N5O5. The van der Waals surface area contributed by atoms with Crippen LogP contribution < -0.4 is 14.9 Å². The Morgan fingerprint density at radius 2 is 1.89 bits per heavy atom. The molecule has 0 aliphatic rings. The Morgan fingerprint density at radius 1 is 1.22 bits per heavy atom. The maximum absolute atomic E-state index is 12.7. The van der Waals surface area contributed by atoms with E-state index in [9.17, 15) is 14.9 Å². The van der Waals surface area contributed by atoms with Crippen molar-refractivity contribution in [2.45, 2.75) is 40.3 Å². The zero-order valence-electron chi connectivity index (χ0n) is 20.3. The van der Waals surface area contributed by atoms with E-state index in [1.165, 1.54) is 18.7 Å². The van der Waals surface area contributed by atoms with E-state index >= 15 is 0 Å². The first-order chi connectivity index (χ1) is 17.0. The van der Waals surface area contributed by atoms with E-state index in [4.69, 9.17) is 32.7 Å². The van der Waals surface area contributed by atoms with Crippen molar-refractivity contribution in [1.82, 2.24) is 15.2 Å². The van der Waals surface area contributed by atoms with Crippen molar-refractivity contribution in [2.24, 2.45) is 5.10 Å². The summed E-state index contributed by atoms with van der Waals surface area (Å²) in [6.07, 6.45) is 0. The Labute approximate surface area is 218 Å². The number of rotatable bonds is 9. The van der Waals surface area contributed by atoms with Gasteiger partial charge in [-0.2, -0.15) is 10.2 Å². The van der Waals surface area contributed by atoms with E-state index < -0.39 is 16.9 Å². The van der Waals surface area contributed by atoms with Crippen LogP contribution in [0, 0.1) is 24.0 Å². The molecule has 0 aliphatic carbocycles. The number of aryl methyl sites for hydroxylation is 1. The number of hydrazone groups is 1. The molecule has 1 amide bonds. The molecule has 1 atom stereocenters. The molecule has 0 spiro atoms. The highest BCUT2D eigenvalue weighted by atomic mass is 35.5. The van der Waals surface area contributed by atoms with E-state index in [0.717, 1.165) is 0 Å². The van der Waals surface area contributed by atoms with Gasteiger partial charge in [0.05, 0.1) is 17.7 Å². The second-order valence-electron chi connectivity index (χ2n) is 7.92. The summed E-state index contributed by atoms with van der Waals surface area (Å²) in [6.45, 7) is 6.53. The molecule has 1 unspecified atom stereocenters.